The van der Waals surface area contributed by atoms with Gasteiger partial charge in [0.2, 0.25) is 0 Å². The number of benzene rings is 4. The molecule has 4 heterocycles. The lowest BCUT2D eigenvalue weighted by Crippen LogP contribution is -2.35. The van der Waals surface area contributed by atoms with Crippen molar-refractivity contribution in [2.24, 2.45) is 0 Å². The number of hydrogen-bond acceptors (Lipinski definition) is 6. The van der Waals surface area contributed by atoms with Crippen molar-refractivity contribution in [1.82, 2.24) is 34.0 Å². The molecule has 1 amide bonds. The van der Waals surface area contributed by atoms with Gasteiger partial charge >= 0.3 is 5.97 Å². The fourth-order valence-electron chi connectivity index (χ4n) is 8.38. The Bertz CT molecular complexity index is 2630. The van der Waals surface area contributed by atoms with E-state index in [0.29, 0.717) is 11.1 Å². The molecule has 8 rings (SSSR count). The van der Waals surface area contributed by atoms with Gasteiger partial charge < -0.3 is 24.5 Å². The molecule has 0 saturated carbocycles. The molecule has 1 unspecified atom stereocenters. The van der Waals surface area contributed by atoms with E-state index in [1.54, 1.807) is 19.2 Å². The van der Waals surface area contributed by atoms with Crippen molar-refractivity contribution in [3.05, 3.63) is 124 Å². The number of fused-ring (bicyclic) bond motifs is 2. The number of aromatic carboxylic acids is 1. The Labute approximate surface area is 334 Å². The van der Waals surface area contributed by atoms with E-state index in [2.05, 4.69) is 107 Å². The summed E-state index contributed by atoms with van der Waals surface area (Å²) in [6.45, 7) is 17.3. The zero-order valence-corrected chi connectivity index (χ0v) is 34.2. The van der Waals surface area contributed by atoms with Crippen LogP contribution in [0.5, 0.6) is 0 Å². The minimum atomic E-state index is -0.953. The maximum absolute atomic E-state index is 12.1. The van der Waals surface area contributed by atoms with Crippen LogP contribution in [0.2, 0.25) is 0 Å². The van der Waals surface area contributed by atoms with Crippen LogP contribution >= 0.6 is 0 Å². The molecule has 1 atom stereocenters. The highest BCUT2D eigenvalue weighted by molar-refractivity contribution is 5.97. The van der Waals surface area contributed by atoms with E-state index in [1.807, 2.05) is 37.4 Å². The topological polar surface area (TPSA) is 123 Å². The van der Waals surface area contributed by atoms with Gasteiger partial charge in [0.05, 0.1) is 45.6 Å². The van der Waals surface area contributed by atoms with Crippen molar-refractivity contribution in [2.45, 2.75) is 86.9 Å². The lowest BCUT2D eigenvalue weighted by molar-refractivity contribution is 0.0696. The number of carbonyl (C=O) groups is 2. The number of nitrogens with one attached hydrogen (secondary N) is 1. The zero-order chi connectivity index (χ0) is 40.5. The van der Waals surface area contributed by atoms with E-state index in [0.717, 1.165) is 77.0 Å². The third-order valence-electron chi connectivity index (χ3n) is 11.1. The number of imidazole rings is 3. The SMILES string of the molecule is CCn1c(-c2cnc(C)n2-c2ccc(C)cc2C)nc2cc(C(=O)O)ccc21.CCn1c(C2CCCCN2c2ccc(C)cc2C)nc2cc(C(=O)NC)ccc21. The summed E-state index contributed by atoms with van der Waals surface area (Å²) in [6, 6.07) is 24.2. The molecule has 57 heavy (non-hydrogen) atoms. The second kappa shape index (κ2) is 16.1. The Hall–Kier alpha value is -6.23. The van der Waals surface area contributed by atoms with Crippen molar-refractivity contribution in [2.75, 3.05) is 18.5 Å². The molecule has 1 saturated heterocycles. The quantitative estimate of drug-likeness (QED) is 0.158. The maximum atomic E-state index is 12.1. The number of carboxylic acid groups (broad SMARTS) is 1. The van der Waals surface area contributed by atoms with Crippen LogP contribution in [0.3, 0.4) is 0 Å². The second-order valence-corrected chi connectivity index (χ2v) is 15.0. The number of hydrogen-bond donors (Lipinski definition) is 2. The lowest BCUT2D eigenvalue weighted by Gasteiger charge is -2.38. The minimum Gasteiger partial charge on any atom is -0.478 e. The molecule has 0 bridgehead atoms. The molecule has 11 nitrogen and oxygen atoms in total. The largest absolute Gasteiger partial charge is 0.478 e. The molecule has 0 radical (unpaired) electrons. The van der Waals surface area contributed by atoms with Crippen LogP contribution in [0.25, 0.3) is 39.3 Å². The molecule has 0 spiro atoms. The van der Waals surface area contributed by atoms with Crippen LogP contribution in [-0.4, -0.2) is 59.2 Å². The summed E-state index contributed by atoms with van der Waals surface area (Å²) in [5.74, 6) is 1.74. The molecular formula is C46H52N8O3. The smallest absolute Gasteiger partial charge is 0.335 e. The molecule has 294 valence electrons. The third-order valence-corrected chi connectivity index (χ3v) is 11.1. The Morgan fingerprint density at radius 2 is 1.37 bits per heavy atom. The highest BCUT2D eigenvalue weighted by Crippen LogP contribution is 2.38. The summed E-state index contributed by atoms with van der Waals surface area (Å²) in [5.41, 5.74) is 12.7. The van der Waals surface area contributed by atoms with Crippen LogP contribution < -0.4 is 10.2 Å². The van der Waals surface area contributed by atoms with E-state index < -0.39 is 5.97 Å². The number of amides is 1. The van der Waals surface area contributed by atoms with Gasteiger partial charge in [-0.2, -0.15) is 0 Å². The number of piperidine rings is 1. The molecule has 1 aliphatic heterocycles. The number of carbonyl (C=O) groups excluding carboxylic acids is 1. The van der Waals surface area contributed by atoms with Crippen molar-refractivity contribution in [3.63, 3.8) is 0 Å². The standard InChI is InChI=1S/C24H30N4O.C22H22N4O2/c1-5-27-21-12-10-18(24(29)25-4)15-19(21)26-23(27)22-8-6-7-13-28(22)20-11-9-16(2)14-17(20)3;1-5-25-19-9-7-16(22(27)28)11-17(19)24-21(25)20-12-23-15(4)26(20)18-8-6-13(2)10-14(18)3/h9-12,14-15,22H,5-8,13H2,1-4H3,(H,25,29);6-12H,5H2,1-4H3,(H,27,28). The van der Waals surface area contributed by atoms with Crippen LogP contribution in [0, 0.1) is 34.6 Å². The average Bonchev–Trinajstić information content (AvgIpc) is 3.89. The summed E-state index contributed by atoms with van der Waals surface area (Å²) < 4.78 is 6.52. The van der Waals surface area contributed by atoms with Crippen molar-refractivity contribution < 1.29 is 14.7 Å². The van der Waals surface area contributed by atoms with Gasteiger partial charge in [-0.25, -0.2) is 19.7 Å². The molecule has 0 aliphatic carbocycles. The van der Waals surface area contributed by atoms with Gasteiger partial charge in [-0.15, -0.1) is 0 Å². The first-order chi connectivity index (χ1) is 27.4. The molecular weight excluding hydrogens is 713 g/mol. The molecule has 2 N–H and O–H groups in total. The van der Waals surface area contributed by atoms with Gasteiger partial charge in [0.25, 0.3) is 5.91 Å². The molecule has 1 fully saturated rings. The van der Waals surface area contributed by atoms with Crippen LogP contribution in [0.15, 0.2) is 79.0 Å². The molecule has 7 aromatic rings. The van der Waals surface area contributed by atoms with Gasteiger partial charge in [-0.05, 0) is 127 Å². The third kappa shape index (κ3) is 7.41. The van der Waals surface area contributed by atoms with Crippen molar-refractivity contribution in [3.8, 4) is 17.2 Å². The van der Waals surface area contributed by atoms with Gasteiger partial charge in [0.1, 0.15) is 17.3 Å². The fourth-order valence-corrected chi connectivity index (χ4v) is 8.38. The minimum absolute atomic E-state index is 0.0749. The lowest BCUT2D eigenvalue weighted by atomic mass is 9.98. The fraction of sp³-hybridized carbons (Fsp3) is 0.326. The molecule has 3 aromatic heterocycles. The number of carboxylic acids is 1. The highest BCUT2D eigenvalue weighted by Gasteiger charge is 2.30. The molecule has 4 aromatic carbocycles. The normalized spacial score (nSPS) is 14.2. The van der Waals surface area contributed by atoms with E-state index in [9.17, 15) is 14.7 Å². The summed E-state index contributed by atoms with van der Waals surface area (Å²) in [7, 11) is 1.66. The van der Waals surface area contributed by atoms with Gasteiger partial charge in [-0.3, -0.25) is 9.36 Å². The Kier molecular flexibility index (Phi) is 11.0. The first-order valence-electron chi connectivity index (χ1n) is 19.9. The predicted molar refractivity (Wildman–Crippen MR) is 228 cm³/mol. The maximum Gasteiger partial charge on any atom is 0.335 e. The molecule has 11 heteroatoms. The van der Waals surface area contributed by atoms with Gasteiger partial charge in [0, 0.05) is 37.9 Å². The van der Waals surface area contributed by atoms with E-state index >= 15 is 0 Å². The second-order valence-electron chi connectivity index (χ2n) is 15.0. The Morgan fingerprint density at radius 3 is 2.00 bits per heavy atom. The van der Waals surface area contributed by atoms with E-state index in [1.165, 1.54) is 35.2 Å². The predicted octanol–water partition coefficient (Wildman–Crippen LogP) is 9.30. The number of nitrogens with zero attached hydrogens (tertiary/aromatic N) is 7. The van der Waals surface area contributed by atoms with Crippen molar-refractivity contribution >= 4 is 39.6 Å². The Morgan fingerprint density at radius 1 is 0.754 bits per heavy atom. The van der Waals surface area contributed by atoms with Crippen LogP contribution in [0.1, 0.15) is 93.8 Å². The summed E-state index contributed by atoms with van der Waals surface area (Å²) >= 11 is 0. The summed E-state index contributed by atoms with van der Waals surface area (Å²) in [6.07, 6.45) is 5.35. The Balaban J connectivity index is 0.000000174. The van der Waals surface area contributed by atoms with E-state index in [-0.39, 0.29) is 17.5 Å². The van der Waals surface area contributed by atoms with Crippen LogP contribution in [-0.2, 0) is 13.1 Å². The average molecular weight is 765 g/mol. The first-order valence-corrected chi connectivity index (χ1v) is 19.9. The number of aromatic nitrogens is 6. The van der Waals surface area contributed by atoms with Gasteiger partial charge in [-0.1, -0.05) is 35.4 Å². The van der Waals surface area contributed by atoms with E-state index in [4.69, 9.17) is 9.97 Å². The highest BCUT2D eigenvalue weighted by atomic mass is 16.4. The first kappa shape index (κ1) is 39.0. The monoisotopic (exact) mass is 764 g/mol. The zero-order valence-electron chi connectivity index (χ0n) is 34.2. The summed E-state index contributed by atoms with van der Waals surface area (Å²) in [4.78, 5) is 40.3. The number of aryl methyl sites for hydroxylation is 7. The van der Waals surface area contributed by atoms with Gasteiger partial charge in [0.15, 0.2) is 5.82 Å². The number of rotatable bonds is 8. The van der Waals surface area contributed by atoms with Crippen LogP contribution in [0.4, 0.5) is 5.69 Å². The van der Waals surface area contributed by atoms with Crippen molar-refractivity contribution in [1.29, 1.82) is 0 Å². The summed E-state index contributed by atoms with van der Waals surface area (Å²) in [5, 5.41) is 12.0. The molecule has 1 aliphatic rings. The number of anilines is 1.